The van der Waals surface area contributed by atoms with Crippen LogP contribution in [0, 0.1) is 5.41 Å². The molecule has 3 aromatic carbocycles. The van der Waals surface area contributed by atoms with E-state index in [-0.39, 0.29) is 11.3 Å². The summed E-state index contributed by atoms with van der Waals surface area (Å²) in [6.07, 6.45) is 4.47. The second kappa shape index (κ2) is 13.0. The fraction of sp³-hybridized carbons (Fsp3) is 0.406. The van der Waals surface area contributed by atoms with E-state index in [1.54, 1.807) is 23.5 Å². The van der Waals surface area contributed by atoms with Crippen LogP contribution >= 0.6 is 0 Å². The molecule has 7 nitrogen and oxygen atoms in total. The molecule has 3 aromatic rings. The maximum absolute atomic E-state index is 13.5. The first-order valence-electron chi connectivity index (χ1n) is 13.9. The smallest absolute Gasteiger partial charge is 0.243 e. The van der Waals surface area contributed by atoms with E-state index in [0.29, 0.717) is 57.1 Å². The van der Waals surface area contributed by atoms with Gasteiger partial charge < -0.3 is 9.64 Å². The predicted molar refractivity (Wildman–Crippen MR) is 162 cm³/mol. The van der Waals surface area contributed by atoms with Gasteiger partial charge in [0.2, 0.25) is 15.9 Å². The van der Waals surface area contributed by atoms with Crippen molar-refractivity contribution in [2.75, 3.05) is 52.9 Å². The Morgan fingerprint density at radius 3 is 2.35 bits per heavy atom. The molecule has 1 aliphatic heterocycles. The van der Waals surface area contributed by atoms with E-state index < -0.39 is 10.0 Å². The van der Waals surface area contributed by atoms with Gasteiger partial charge in [-0.3, -0.25) is 9.69 Å². The van der Waals surface area contributed by atoms with Gasteiger partial charge in [-0.1, -0.05) is 87.5 Å². The van der Waals surface area contributed by atoms with Crippen molar-refractivity contribution < 1.29 is 17.9 Å². The molecule has 1 saturated heterocycles. The Balaban J connectivity index is 1.38. The number of fused-ring (bicyclic) bond motifs is 1. The zero-order valence-corrected chi connectivity index (χ0v) is 24.9. The normalized spacial score (nSPS) is 15.5. The number of carbonyl (C=O) groups excluding carboxylic acids is 1. The molecule has 1 heterocycles. The Hall–Kier alpha value is -3.20. The number of rotatable bonds is 10. The summed E-state index contributed by atoms with van der Waals surface area (Å²) in [7, 11) is -1.95. The van der Waals surface area contributed by atoms with Gasteiger partial charge in [0, 0.05) is 63.2 Å². The molecule has 0 spiro atoms. The van der Waals surface area contributed by atoms with E-state index in [0.717, 1.165) is 22.1 Å². The van der Waals surface area contributed by atoms with Gasteiger partial charge in [-0.15, -0.1) is 0 Å². The molecule has 0 aromatic heterocycles. The van der Waals surface area contributed by atoms with Crippen molar-refractivity contribution >= 4 is 32.8 Å². The highest BCUT2D eigenvalue weighted by molar-refractivity contribution is 7.89. The highest BCUT2D eigenvalue weighted by Gasteiger charge is 2.30. The van der Waals surface area contributed by atoms with Crippen LogP contribution in [0.25, 0.3) is 16.8 Å². The molecule has 214 valence electrons. The summed E-state index contributed by atoms with van der Waals surface area (Å²) in [6, 6.07) is 20.8. The third-order valence-electron chi connectivity index (χ3n) is 7.18. The maximum atomic E-state index is 13.5. The van der Waals surface area contributed by atoms with Crippen LogP contribution in [-0.2, 0) is 14.8 Å². The fourth-order valence-corrected chi connectivity index (χ4v) is 6.65. The number of hydrogen-bond acceptors (Lipinski definition) is 5. The lowest BCUT2D eigenvalue weighted by molar-refractivity contribution is -0.132. The van der Waals surface area contributed by atoms with E-state index in [9.17, 15) is 13.2 Å². The lowest BCUT2D eigenvalue weighted by atomic mass is 9.91. The molecule has 0 unspecified atom stereocenters. The lowest BCUT2D eigenvalue weighted by Crippen LogP contribution is -2.50. The summed E-state index contributed by atoms with van der Waals surface area (Å²) in [4.78, 5) is 17.7. The van der Waals surface area contributed by atoms with Gasteiger partial charge in [0.1, 0.15) is 5.75 Å². The molecule has 0 aliphatic carbocycles. The second-order valence-corrected chi connectivity index (χ2v) is 13.4. The number of hydrogen-bond donors (Lipinski definition) is 0. The van der Waals surface area contributed by atoms with Crippen molar-refractivity contribution in [2.24, 2.45) is 5.41 Å². The Kier molecular flexibility index (Phi) is 9.66. The first-order valence-corrected chi connectivity index (χ1v) is 15.3. The first kappa shape index (κ1) is 29.8. The standard InChI is InChI=1S/C32H41N3O4S/c1-32(2,3)25-31(36)34(18-10-14-27-12-6-8-16-29(27)39-4)22-19-33-20-23-35(24-21-33)40(37,38)30-17-9-13-26-11-5-7-15-28(26)30/h5-17H,18-25H2,1-4H3/b14-10+. The van der Waals surface area contributed by atoms with Crippen LogP contribution in [0.3, 0.4) is 0 Å². The number of benzene rings is 3. The van der Waals surface area contributed by atoms with E-state index >= 15 is 0 Å². The van der Waals surface area contributed by atoms with Gasteiger partial charge in [0.05, 0.1) is 12.0 Å². The van der Waals surface area contributed by atoms with Crippen molar-refractivity contribution in [3.63, 3.8) is 0 Å². The number of para-hydroxylation sites is 1. The van der Waals surface area contributed by atoms with Gasteiger partial charge >= 0.3 is 0 Å². The predicted octanol–water partition coefficient (Wildman–Crippen LogP) is 5.13. The quantitative estimate of drug-likeness (QED) is 0.342. The minimum absolute atomic E-state index is 0.108. The molecule has 4 rings (SSSR count). The third-order valence-corrected chi connectivity index (χ3v) is 9.14. The molecule has 0 radical (unpaired) electrons. The van der Waals surface area contributed by atoms with E-state index in [2.05, 4.69) is 25.7 Å². The van der Waals surface area contributed by atoms with Gasteiger partial charge in [-0.2, -0.15) is 4.31 Å². The summed E-state index contributed by atoms with van der Waals surface area (Å²) >= 11 is 0. The first-order chi connectivity index (χ1) is 19.1. The van der Waals surface area contributed by atoms with E-state index in [1.807, 2.05) is 71.6 Å². The molecule has 1 fully saturated rings. The summed E-state index contributed by atoms with van der Waals surface area (Å²) in [6.45, 7) is 10.1. The molecular formula is C32H41N3O4S. The average Bonchev–Trinajstić information content (AvgIpc) is 2.94. The number of piperazine rings is 1. The Morgan fingerprint density at radius 1 is 0.950 bits per heavy atom. The van der Waals surface area contributed by atoms with Crippen LogP contribution in [0.1, 0.15) is 32.8 Å². The van der Waals surface area contributed by atoms with Gasteiger partial charge in [0.15, 0.2) is 0 Å². The molecule has 0 bridgehead atoms. The van der Waals surface area contributed by atoms with Gasteiger partial charge in [-0.05, 0) is 22.9 Å². The molecule has 1 aliphatic rings. The molecular weight excluding hydrogens is 522 g/mol. The van der Waals surface area contributed by atoms with Gasteiger partial charge in [0.25, 0.3) is 0 Å². The Morgan fingerprint density at radius 2 is 1.62 bits per heavy atom. The average molecular weight is 564 g/mol. The molecule has 40 heavy (non-hydrogen) atoms. The van der Waals surface area contributed by atoms with Gasteiger partial charge in [-0.25, -0.2) is 8.42 Å². The molecule has 8 heteroatoms. The van der Waals surface area contributed by atoms with Crippen LogP contribution < -0.4 is 4.74 Å². The fourth-order valence-electron chi connectivity index (χ4n) is 5.01. The lowest BCUT2D eigenvalue weighted by Gasteiger charge is -2.35. The number of carbonyl (C=O) groups is 1. The van der Waals surface area contributed by atoms with Crippen molar-refractivity contribution in [2.45, 2.75) is 32.1 Å². The summed E-state index contributed by atoms with van der Waals surface area (Å²) in [5.74, 6) is 0.914. The van der Waals surface area contributed by atoms with E-state index in [1.165, 1.54) is 0 Å². The van der Waals surface area contributed by atoms with Crippen molar-refractivity contribution in [1.82, 2.24) is 14.1 Å². The Bertz CT molecular complexity index is 1430. The number of ether oxygens (including phenoxy) is 1. The minimum atomic E-state index is -3.60. The summed E-state index contributed by atoms with van der Waals surface area (Å²) < 4.78 is 34.1. The van der Waals surface area contributed by atoms with Crippen LogP contribution in [0.2, 0.25) is 0 Å². The molecule has 0 saturated carbocycles. The van der Waals surface area contributed by atoms with Crippen LogP contribution in [0.15, 0.2) is 77.7 Å². The largest absolute Gasteiger partial charge is 0.496 e. The second-order valence-electron chi connectivity index (χ2n) is 11.4. The van der Waals surface area contributed by atoms with Crippen molar-refractivity contribution in [3.05, 3.63) is 78.4 Å². The van der Waals surface area contributed by atoms with Crippen molar-refractivity contribution in [1.29, 1.82) is 0 Å². The zero-order valence-electron chi connectivity index (χ0n) is 24.0. The SMILES string of the molecule is COc1ccccc1/C=C/CN(CCN1CCN(S(=O)(=O)c2cccc3ccccc23)CC1)C(=O)CC(C)(C)C. The number of sulfonamides is 1. The maximum Gasteiger partial charge on any atom is 0.243 e. The highest BCUT2D eigenvalue weighted by Crippen LogP contribution is 2.26. The molecule has 1 amide bonds. The van der Waals surface area contributed by atoms with Crippen LogP contribution in [-0.4, -0.2) is 81.4 Å². The Labute approximate surface area is 239 Å². The minimum Gasteiger partial charge on any atom is -0.496 e. The number of methoxy groups -OCH3 is 1. The summed E-state index contributed by atoms with van der Waals surface area (Å²) in [5, 5.41) is 1.67. The molecule has 0 N–H and O–H groups in total. The van der Waals surface area contributed by atoms with Crippen LogP contribution in [0.5, 0.6) is 5.75 Å². The summed E-state index contributed by atoms with van der Waals surface area (Å²) in [5.41, 5.74) is 0.861. The van der Waals surface area contributed by atoms with Crippen molar-refractivity contribution in [3.8, 4) is 5.75 Å². The topological polar surface area (TPSA) is 70.2 Å². The monoisotopic (exact) mass is 563 g/mol. The number of amides is 1. The zero-order chi connectivity index (χ0) is 28.8. The molecule has 0 atom stereocenters. The number of nitrogens with zero attached hydrogens (tertiary/aromatic N) is 3. The van der Waals surface area contributed by atoms with Crippen LogP contribution in [0.4, 0.5) is 0 Å². The third kappa shape index (κ3) is 7.50. The van der Waals surface area contributed by atoms with E-state index in [4.69, 9.17) is 4.74 Å². The highest BCUT2D eigenvalue weighted by atomic mass is 32.2.